The van der Waals surface area contributed by atoms with Crippen molar-refractivity contribution in [3.63, 3.8) is 0 Å². The number of halogens is 2. The van der Waals surface area contributed by atoms with Gasteiger partial charge in [0.1, 0.15) is 12.5 Å². The first-order chi connectivity index (χ1) is 9.74. The molecule has 20 heavy (non-hydrogen) atoms. The van der Waals surface area contributed by atoms with Gasteiger partial charge < -0.3 is 0 Å². The van der Waals surface area contributed by atoms with Crippen molar-refractivity contribution in [1.29, 1.82) is 0 Å². The number of benzene rings is 1. The van der Waals surface area contributed by atoms with Crippen LogP contribution in [0.5, 0.6) is 0 Å². The summed E-state index contributed by atoms with van der Waals surface area (Å²) in [6, 6.07) is 8.89. The van der Waals surface area contributed by atoms with Crippen molar-refractivity contribution < 1.29 is 8.78 Å². The van der Waals surface area contributed by atoms with Crippen molar-refractivity contribution in [3.8, 4) is 0 Å². The first-order valence-corrected chi connectivity index (χ1v) is 7.75. The first-order valence-electron chi connectivity index (χ1n) is 7.75. The average Bonchev–Trinajstić information content (AvgIpc) is 2.49. The van der Waals surface area contributed by atoms with Gasteiger partial charge in [-0.25, -0.2) is 8.78 Å². The van der Waals surface area contributed by atoms with Gasteiger partial charge in [-0.1, -0.05) is 37.6 Å². The summed E-state index contributed by atoms with van der Waals surface area (Å²) in [6.45, 7) is 1.50. The third-order valence-corrected chi connectivity index (χ3v) is 4.38. The first kappa shape index (κ1) is 15.2. The maximum atomic E-state index is 13.6. The molecule has 0 aliphatic heterocycles. The number of hydrogen-bond donors (Lipinski definition) is 0. The molecule has 0 nitrogen and oxygen atoms in total. The van der Waals surface area contributed by atoms with E-state index in [9.17, 15) is 8.78 Å². The topological polar surface area (TPSA) is 0 Å². The van der Waals surface area contributed by atoms with E-state index in [4.69, 9.17) is 0 Å². The Balaban J connectivity index is 1.91. The summed E-state index contributed by atoms with van der Waals surface area (Å²) >= 11 is 0. The normalized spacial score (nSPS) is 23.9. The van der Waals surface area contributed by atoms with Crippen molar-refractivity contribution in [1.82, 2.24) is 0 Å². The molecule has 1 aromatic rings. The molecule has 0 amide bonds. The second-order valence-electron chi connectivity index (χ2n) is 5.78. The Hall–Kier alpha value is -1.18. The summed E-state index contributed by atoms with van der Waals surface area (Å²) in [7, 11) is 0. The summed E-state index contributed by atoms with van der Waals surface area (Å²) in [5.74, 6) is 0.241. The van der Waals surface area contributed by atoms with Gasteiger partial charge in [0.15, 0.2) is 0 Å². The predicted molar refractivity (Wildman–Crippen MR) is 80.3 cm³/mol. The fourth-order valence-electron chi connectivity index (χ4n) is 3.19. The Bertz CT molecular complexity index is 425. The van der Waals surface area contributed by atoms with Gasteiger partial charge in [0.05, 0.1) is 0 Å². The minimum Gasteiger partial charge on any atom is -0.246 e. The molecule has 2 heteroatoms. The lowest BCUT2D eigenvalue weighted by Gasteiger charge is -2.28. The Morgan fingerprint density at radius 3 is 2.35 bits per heavy atom. The summed E-state index contributed by atoms with van der Waals surface area (Å²) < 4.78 is 25.7. The van der Waals surface area contributed by atoms with Crippen LogP contribution in [0.3, 0.4) is 0 Å². The highest BCUT2D eigenvalue weighted by atomic mass is 19.1. The summed E-state index contributed by atoms with van der Waals surface area (Å²) in [6.07, 6.45) is 7.07. The highest BCUT2D eigenvalue weighted by molar-refractivity contribution is 5.26. The SMILES string of the molecule is CCCc1ccc(C2CCC(/C(F)=C/CF)CC2)cc1. The molecular weight excluding hydrogens is 254 g/mol. The van der Waals surface area contributed by atoms with Crippen LogP contribution in [0.4, 0.5) is 8.78 Å². The molecule has 0 heterocycles. The van der Waals surface area contributed by atoms with Gasteiger partial charge in [-0.05, 0) is 55.2 Å². The molecular formula is C18H24F2. The van der Waals surface area contributed by atoms with Crippen molar-refractivity contribution in [3.05, 3.63) is 47.3 Å². The molecule has 0 unspecified atom stereocenters. The lowest BCUT2D eigenvalue weighted by Crippen LogP contribution is -2.14. The highest BCUT2D eigenvalue weighted by Gasteiger charge is 2.24. The zero-order valence-corrected chi connectivity index (χ0v) is 12.2. The van der Waals surface area contributed by atoms with Crippen molar-refractivity contribution in [2.24, 2.45) is 5.92 Å². The fourth-order valence-corrected chi connectivity index (χ4v) is 3.19. The molecule has 0 aromatic heterocycles. The minimum absolute atomic E-state index is 0.0543. The number of allylic oxidation sites excluding steroid dienone is 2. The van der Waals surface area contributed by atoms with E-state index in [1.165, 1.54) is 17.5 Å². The van der Waals surface area contributed by atoms with E-state index in [2.05, 4.69) is 31.2 Å². The lowest BCUT2D eigenvalue weighted by molar-refractivity contribution is 0.318. The minimum atomic E-state index is -0.690. The van der Waals surface area contributed by atoms with Gasteiger partial charge in [0.25, 0.3) is 0 Å². The Labute approximate surface area is 120 Å². The number of alkyl halides is 1. The van der Waals surface area contributed by atoms with Crippen molar-refractivity contribution in [2.45, 2.75) is 51.4 Å². The predicted octanol–water partition coefficient (Wildman–Crippen LogP) is 5.74. The maximum absolute atomic E-state index is 13.6. The number of hydrogen-bond acceptors (Lipinski definition) is 0. The van der Waals surface area contributed by atoms with Gasteiger partial charge in [-0.2, -0.15) is 0 Å². The molecule has 0 spiro atoms. The van der Waals surface area contributed by atoms with E-state index < -0.39 is 6.67 Å². The maximum Gasteiger partial charge on any atom is 0.110 e. The van der Waals surface area contributed by atoms with Gasteiger partial charge in [0, 0.05) is 5.92 Å². The number of rotatable bonds is 5. The molecule has 2 rings (SSSR count). The van der Waals surface area contributed by atoms with E-state index >= 15 is 0 Å². The summed E-state index contributed by atoms with van der Waals surface area (Å²) in [4.78, 5) is 0. The molecule has 0 N–H and O–H groups in total. The van der Waals surface area contributed by atoms with Crippen LogP contribution in [0, 0.1) is 5.92 Å². The lowest BCUT2D eigenvalue weighted by atomic mass is 9.78. The van der Waals surface area contributed by atoms with E-state index in [-0.39, 0.29) is 11.7 Å². The van der Waals surface area contributed by atoms with Crippen LogP contribution in [0.2, 0.25) is 0 Å². The third kappa shape index (κ3) is 3.91. The number of aryl methyl sites for hydroxylation is 1. The van der Waals surface area contributed by atoms with E-state index in [0.717, 1.165) is 38.2 Å². The molecule has 1 aromatic carbocycles. The molecule has 1 fully saturated rings. The molecule has 1 aliphatic carbocycles. The molecule has 0 saturated heterocycles. The Morgan fingerprint density at radius 2 is 1.80 bits per heavy atom. The zero-order valence-electron chi connectivity index (χ0n) is 12.2. The quantitative estimate of drug-likeness (QED) is 0.644. The smallest absolute Gasteiger partial charge is 0.110 e. The molecule has 0 bridgehead atoms. The average molecular weight is 278 g/mol. The van der Waals surface area contributed by atoms with Gasteiger partial charge in [-0.15, -0.1) is 0 Å². The standard InChI is InChI=1S/C18H24F2/c1-2-3-14-4-6-15(7-5-14)16-8-10-17(11-9-16)18(20)12-13-19/h4-7,12,16-17H,2-3,8-11,13H2,1H3/b18-12-. The zero-order chi connectivity index (χ0) is 14.4. The molecule has 1 saturated carbocycles. The fraction of sp³-hybridized carbons (Fsp3) is 0.556. The van der Waals surface area contributed by atoms with Crippen LogP contribution >= 0.6 is 0 Å². The molecule has 110 valence electrons. The Kier molecular flexibility index (Phi) is 5.75. The highest BCUT2D eigenvalue weighted by Crippen LogP contribution is 2.39. The summed E-state index contributed by atoms with van der Waals surface area (Å²) in [5.41, 5.74) is 2.76. The largest absolute Gasteiger partial charge is 0.246 e. The monoisotopic (exact) mass is 278 g/mol. The van der Waals surface area contributed by atoms with Crippen LogP contribution in [0.25, 0.3) is 0 Å². The second-order valence-corrected chi connectivity index (χ2v) is 5.78. The van der Waals surface area contributed by atoms with Crippen LogP contribution < -0.4 is 0 Å². The molecule has 0 atom stereocenters. The van der Waals surface area contributed by atoms with Crippen LogP contribution in [-0.2, 0) is 6.42 Å². The van der Waals surface area contributed by atoms with Crippen LogP contribution in [0.15, 0.2) is 36.2 Å². The van der Waals surface area contributed by atoms with Gasteiger partial charge >= 0.3 is 0 Å². The van der Waals surface area contributed by atoms with E-state index in [1.54, 1.807) is 0 Å². The Morgan fingerprint density at radius 1 is 1.15 bits per heavy atom. The summed E-state index contributed by atoms with van der Waals surface area (Å²) in [5, 5.41) is 0. The molecule has 0 radical (unpaired) electrons. The van der Waals surface area contributed by atoms with Crippen molar-refractivity contribution in [2.75, 3.05) is 6.67 Å². The van der Waals surface area contributed by atoms with Gasteiger partial charge in [-0.3, -0.25) is 0 Å². The van der Waals surface area contributed by atoms with E-state index in [1.807, 2.05) is 0 Å². The van der Waals surface area contributed by atoms with Crippen molar-refractivity contribution >= 4 is 0 Å². The van der Waals surface area contributed by atoms with Crippen LogP contribution in [0.1, 0.15) is 56.1 Å². The molecule has 1 aliphatic rings. The van der Waals surface area contributed by atoms with E-state index in [0.29, 0.717) is 5.92 Å². The second kappa shape index (κ2) is 7.56. The van der Waals surface area contributed by atoms with Crippen LogP contribution in [-0.4, -0.2) is 6.67 Å². The third-order valence-electron chi connectivity index (χ3n) is 4.38. The van der Waals surface area contributed by atoms with Gasteiger partial charge in [0.2, 0.25) is 0 Å².